The summed E-state index contributed by atoms with van der Waals surface area (Å²) in [5, 5.41) is 4.24. The van der Waals surface area contributed by atoms with E-state index in [1.54, 1.807) is 4.68 Å². The van der Waals surface area contributed by atoms with Gasteiger partial charge in [0.05, 0.1) is 6.54 Å². The predicted molar refractivity (Wildman–Crippen MR) is 70.7 cm³/mol. The van der Waals surface area contributed by atoms with Crippen molar-refractivity contribution in [2.45, 2.75) is 18.4 Å². The normalized spacial score (nSPS) is 10.8. The zero-order chi connectivity index (χ0) is 12.3. The van der Waals surface area contributed by atoms with E-state index >= 15 is 0 Å². The van der Waals surface area contributed by atoms with Crippen LogP contribution in [0.2, 0.25) is 0 Å². The quantitative estimate of drug-likeness (QED) is 0.841. The number of nitrogens with two attached hydrogens (primary N) is 1. The van der Waals surface area contributed by atoms with Crippen molar-refractivity contribution in [3.05, 3.63) is 30.1 Å². The van der Waals surface area contributed by atoms with E-state index in [1.165, 1.54) is 4.90 Å². The third-order valence-corrected chi connectivity index (χ3v) is 3.31. The molecule has 2 rings (SSSR count). The highest BCUT2D eigenvalue weighted by atomic mass is 32.2. The van der Waals surface area contributed by atoms with Gasteiger partial charge in [0.2, 0.25) is 0 Å². The summed E-state index contributed by atoms with van der Waals surface area (Å²) in [6, 6.07) is 8.37. The molecular formula is C12H16N4S. The first-order valence-electron chi connectivity index (χ1n) is 5.57. The van der Waals surface area contributed by atoms with Gasteiger partial charge in [0.15, 0.2) is 11.6 Å². The number of aromatic nitrogens is 3. The fourth-order valence-electron chi connectivity index (χ4n) is 1.64. The average Bonchev–Trinajstić information content (AvgIpc) is 2.72. The van der Waals surface area contributed by atoms with Crippen LogP contribution in [0.5, 0.6) is 0 Å². The Kier molecular flexibility index (Phi) is 3.81. The van der Waals surface area contributed by atoms with Gasteiger partial charge in [0, 0.05) is 17.5 Å². The smallest absolute Gasteiger partial charge is 0.164 e. The number of hydrogen-bond donors (Lipinski definition) is 1. The van der Waals surface area contributed by atoms with Crippen molar-refractivity contribution in [3.8, 4) is 11.4 Å². The molecule has 0 unspecified atom stereocenters. The SMILES string of the molecule is CCSc1ccc(-c2nc(CN)nn2C)cc1. The fraction of sp³-hybridized carbons (Fsp3) is 0.333. The maximum Gasteiger partial charge on any atom is 0.164 e. The molecule has 0 saturated heterocycles. The van der Waals surface area contributed by atoms with Gasteiger partial charge < -0.3 is 5.73 Å². The minimum absolute atomic E-state index is 0.373. The molecule has 0 spiro atoms. The average molecular weight is 248 g/mol. The maximum atomic E-state index is 5.53. The Balaban J connectivity index is 2.29. The molecule has 17 heavy (non-hydrogen) atoms. The number of hydrogen-bond acceptors (Lipinski definition) is 4. The summed E-state index contributed by atoms with van der Waals surface area (Å²) in [6.45, 7) is 2.52. The van der Waals surface area contributed by atoms with Gasteiger partial charge in [-0.3, -0.25) is 0 Å². The summed E-state index contributed by atoms with van der Waals surface area (Å²) >= 11 is 1.83. The number of nitrogens with zero attached hydrogens (tertiary/aromatic N) is 3. The highest BCUT2D eigenvalue weighted by molar-refractivity contribution is 7.99. The lowest BCUT2D eigenvalue weighted by Gasteiger charge is -2.02. The van der Waals surface area contributed by atoms with Crippen LogP contribution in [0.15, 0.2) is 29.2 Å². The van der Waals surface area contributed by atoms with E-state index in [1.807, 2.05) is 18.8 Å². The molecule has 0 saturated carbocycles. The Hall–Kier alpha value is -1.33. The second-order valence-corrected chi connectivity index (χ2v) is 4.97. The molecule has 0 bridgehead atoms. The molecule has 0 aliphatic rings. The highest BCUT2D eigenvalue weighted by Gasteiger charge is 2.08. The van der Waals surface area contributed by atoms with Crippen LogP contribution in [0.1, 0.15) is 12.7 Å². The molecule has 1 heterocycles. The molecule has 1 aromatic heterocycles. The zero-order valence-corrected chi connectivity index (χ0v) is 10.9. The summed E-state index contributed by atoms with van der Waals surface area (Å²) in [6.07, 6.45) is 0. The van der Waals surface area contributed by atoms with Crippen LogP contribution < -0.4 is 5.73 Å². The lowest BCUT2D eigenvalue weighted by molar-refractivity contribution is 0.749. The Morgan fingerprint density at radius 3 is 2.53 bits per heavy atom. The van der Waals surface area contributed by atoms with E-state index in [0.29, 0.717) is 12.4 Å². The third-order valence-electron chi connectivity index (χ3n) is 2.41. The zero-order valence-electron chi connectivity index (χ0n) is 10.1. The number of benzene rings is 1. The Morgan fingerprint density at radius 1 is 1.29 bits per heavy atom. The van der Waals surface area contributed by atoms with Gasteiger partial charge in [0.1, 0.15) is 0 Å². The molecule has 0 aliphatic carbocycles. The fourth-order valence-corrected chi connectivity index (χ4v) is 2.30. The van der Waals surface area contributed by atoms with E-state index in [9.17, 15) is 0 Å². The minimum atomic E-state index is 0.373. The summed E-state index contributed by atoms with van der Waals surface area (Å²) in [5.74, 6) is 2.62. The van der Waals surface area contributed by atoms with E-state index in [2.05, 4.69) is 41.3 Å². The first-order valence-corrected chi connectivity index (χ1v) is 6.56. The molecule has 0 radical (unpaired) electrons. The second-order valence-electron chi connectivity index (χ2n) is 3.64. The van der Waals surface area contributed by atoms with E-state index < -0.39 is 0 Å². The lowest BCUT2D eigenvalue weighted by Crippen LogP contribution is -1.99. The first kappa shape index (κ1) is 12.1. The first-order chi connectivity index (χ1) is 8.24. The van der Waals surface area contributed by atoms with Crippen molar-refractivity contribution in [2.24, 2.45) is 12.8 Å². The number of rotatable bonds is 4. The van der Waals surface area contributed by atoms with Crippen molar-refractivity contribution in [1.29, 1.82) is 0 Å². The van der Waals surface area contributed by atoms with Crippen LogP contribution in [-0.4, -0.2) is 20.5 Å². The molecule has 0 atom stereocenters. The van der Waals surface area contributed by atoms with Crippen LogP contribution in [0, 0.1) is 0 Å². The van der Waals surface area contributed by atoms with Crippen molar-refractivity contribution in [3.63, 3.8) is 0 Å². The summed E-state index contributed by atoms with van der Waals surface area (Å²) in [7, 11) is 1.89. The Bertz CT molecular complexity index is 490. The van der Waals surface area contributed by atoms with Gasteiger partial charge >= 0.3 is 0 Å². The maximum absolute atomic E-state index is 5.53. The summed E-state index contributed by atoms with van der Waals surface area (Å²) < 4.78 is 1.77. The van der Waals surface area contributed by atoms with E-state index in [4.69, 9.17) is 5.73 Å². The highest BCUT2D eigenvalue weighted by Crippen LogP contribution is 2.22. The van der Waals surface area contributed by atoms with Gasteiger partial charge in [-0.2, -0.15) is 5.10 Å². The van der Waals surface area contributed by atoms with Gasteiger partial charge in [-0.15, -0.1) is 11.8 Å². The van der Waals surface area contributed by atoms with Crippen molar-refractivity contribution in [2.75, 3.05) is 5.75 Å². The van der Waals surface area contributed by atoms with Crippen molar-refractivity contribution >= 4 is 11.8 Å². The molecule has 0 amide bonds. The van der Waals surface area contributed by atoms with Crippen LogP contribution >= 0.6 is 11.8 Å². The van der Waals surface area contributed by atoms with Gasteiger partial charge in [-0.05, 0) is 17.9 Å². The van der Waals surface area contributed by atoms with Crippen molar-refractivity contribution < 1.29 is 0 Å². The molecule has 0 aliphatic heterocycles. The third kappa shape index (κ3) is 2.68. The molecule has 1 aromatic carbocycles. The van der Waals surface area contributed by atoms with E-state index in [-0.39, 0.29) is 0 Å². The largest absolute Gasteiger partial charge is 0.324 e. The Labute approximate surface area is 105 Å². The topological polar surface area (TPSA) is 56.7 Å². The van der Waals surface area contributed by atoms with Crippen LogP contribution in [0.25, 0.3) is 11.4 Å². The molecule has 90 valence electrons. The lowest BCUT2D eigenvalue weighted by atomic mass is 10.2. The summed E-state index contributed by atoms with van der Waals surface area (Å²) in [4.78, 5) is 5.67. The Morgan fingerprint density at radius 2 is 2.00 bits per heavy atom. The number of aryl methyl sites for hydroxylation is 1. The minimum Gasteiger partial charge on any atom is -0.324 e. The van der Waals surface area contributed by atoms with Crippen LogP contribution in [-0.2, 0) is 13.6 Å². The standard InChI is InChI=1S/C12H16N4S/c1-3-17-10-6-4-9(5-7-10)12-14-11(8-13)15-16(12)2/h4-7H,3,8,13H2,1-2H3. The molecule has 2 N–H and O–H groups in total. The predicted octanol–water partition coefficient (Wildman–Crippen LogP) is 2.05. The molecule has 4 nitrogen and oxygen atoms in total. The van der Waals surface area contributed by atoms with Gasteiger partial charge in [-0.25, -0.2) is 9.67 Å². The molecular weight excluding hydrogens is 232 g/mol. The molecule has 5 heteroatoms. The van der Waals surface area contributed by atoms with E-state index in [0.717, 1.165) is 17.1 Å². The van der Waals surface area contributed by atoms with Gasteiger partial charge in [0.25, 0.3) is 0 Å². The number of thioether (sulfide) groups is 1. The van der Waals surface area contributed by atoms with Crippen molar-refractivity contribution in [1.82, 2.24) is 14.8 Å². The summed E-state index contributed by atoms with van der Waals surface area (Å²) in [5.41, 5.74) is 6.60. The van der Waals surface area contributed by atoms with Crippen LogP contribution in [0.4, 0.5) is 0 Å². The second kappa shape index (κ2) is 5.33. The van der Waals surface area contributed by atoms with Gasteiger partial charge in [-0.1, -0.05) is 19.1 Å². The molecule has 2 aromatic rings. The monoisotopic (exact) mass is 248 g/mol. The van der Waals surface area contributed by atoms with Crippen LogP contribution in [0.3, 0.4) is 0 Å². The molecule has 0 fully saturated rings.